The Morgan fingerprint density at radius 1 is 1.02 bits per heavy atom. The van der Waals surface area contributed by atoms with E-state index in [1.807, 2.05) is 18.3 Å². The van der Waals surface area contributed by atoms with Gasteiger partial charge < -0.3 is 43.5 Å². The van der Waals surface area contributed by atoms with Gasteiger partial charge in [0.25, 0.3) is 0 Å². The molecular formula is C38H43N8NiO5. The first-order valence-electron chi connectivity index (χ1n) is 17.5. The number of fused-ring (bicyclic) bond motifs is 1. The van der Waals surface area contributed by atoms with E-state index >= 15 is 0 Å². The maximum absolute atomic E-state index is 12.3. The number of hydrogen-bond donors (Lipinski definition) is 3. The summed E-state index contributed by atoms with van der Waals surface area (Å²) >= 11 is 0. The Bertz CT molecular complexity index is 1860. The summed E-state index contributed by atoms with van der Waals surface area (Å²) in [5.74, 6) is 1.51. The zero-order chi connectivity index (χ0) is 35.3. The number of piperidine rings is 1. The average molecular weight is 751 g/mol. The number of para-hydroxylation sites is 2. The Balaban J connectivity index is 0.000000176. The van der Waals surface area contributed by atoms with E-state index in [1.165, 1.54) is 5.56 Å². The smallest absolute Gasteiger partial charge is 0.507 e. The van der Waals surface area contributed by atoms with Crippen molar-refractivity contribution in [3.8, 4) is 28.4 Å². The molecule has 4 N–H and O–H groups in total. The molecule has 2 atom stereocenters. The van der Waals surface area contributed by atoms with Gasteiger partial charge in [0.05, 0.1) is 36.0 Å². The Hall–Kier alpha value is -4.68. The molecule has 2 aromatic heterocycles. The minimum atomic E-state index is -0.278. The molecule has 275 valence electrons. The molecule has 4 aromatic rings. The molecule has 4 aliphatic rings. The number of nitrogens with zero attached hydrogens (tertiary/aromatic N) is 6. The summed E-state index contributed by atoms with van der Waals surface area (Å²) in [6.45, 7) is 7.28. The first-order valence-corrected chi connectivity index (χ1v) is 17.5. The van der Waals surface area contributed by atoms with Crippen molar-refractivity contribution in [3.63, 3.8) is 0 Å². The van der Waals surface area contributed by atoms with Crippen LogP contribution in [-0.4, -0.2) is 81.9 Å². The van der Waals surface area contributed by atoms with E-state index in [2.05, 4.69) is 62.3 Å². The van der Waals surface area contributed by atoms with Crippen LogP contribution in [0.5, 0.6) is 11.5 Å². The molecule has 1 radical (unpaired) electrons. The molecule has 13 nitrogen and oxygen atoms in total. The quantitative estimate of drug-likeness (QED) is 0.151. The maximum atomic E-state index is 12.3. The van der Waals surface area contributed by atoms with Crippen molar-refractivity contribution < 1.29 is 40.7 Å². The van der Waals surface area contributed by atoms with Gasteiger partial charge in [0.1, 0.15) is 29.8 Å². The number of carbonyl (C=O) groups excluding carboxylic acids is 2. The van der Waals surface area contributed by atoms with Crippen LogP contribution in [0.2, 0.25) is 0 Å². The SMILES string of the molecule is O=C1CC[C@@H](N2CCOc3c(C4CC[CH-]CC4)cccc32)C(=O)N1.[CH2-]C1CN(c2cnn(-c3cc(-c4ccccc4O)nnc3N)c2)C[CH-]CO1.[Ni+3]. The van der Waals surface area contributed by atoms with Crippen LogP contribution in [-0.2, 0) is 30.8 Å². The van der Waals surface area contributed by atoms with Crippen LogP contribution >= 0.6 is 0 Å². The van der Waals surface area contributed by atoms with Gasteiger partial charge >= 0.3 is 16.5 Å². The number of ether oxygens (including phenoxy) is 2. The normalized spacial score (nSPS) is 20.7. The molecule has 1 unspecified atom stereocenters. The number of aromatic hydroxyl groups is 1. The van der Waals surface area contributed by atoms with Crippen LogP contribution in [0, 0.1) is 19.8 Å². The third-order valence-electron chi connectivity index (χ3n) is 9.76. The van der Waals surface area contributed by atoms with Gasteiger partial charge in [0.15, 0.2) is 5.82 Å². The van der Waals surface area contributed by atoms with Crippen molar-refractivity contribution in [1.82, 2.24) is 25.3 Å². The summed E-state index contributed by atoms with van der Waals surface area (Å²) in [6, 6.07) is 14.7. The number of amides is 2. The van der Waals surface area contributed by atoms with Crippen LogP contribution in [0.3, 0.4) is 0 Å². The van der Waals surface area contributed by atoms with E-state index in [4.69, 9.17) is 15.2 Å². The summed E-state index contributed by atoms with van der Waals surface area (Å²) in [5.41, 5.74) is 10.9. The second kappa shape index (κ2) is 16.8. The van der Waals surface area contributed by atoms with Crippen molar-refractivity contribution in [2.24, 2.45) is 0 Å². The fourth-order valence-electron chi connectivity index (χ4n) is 7.16. The molecule has 52 heavy (non-hydrogen) atoms. The van der Waals surface area contributed by atoms with Crippen molar-refractivity contribution in [1.29, 1.82) is 0 Å². The number of nitrogens with two attached hydrogens (primary N) is 1. The number of carbonyl (C=O) groups is 2. The average Bonchev–Trinajstić information content (AvgIpc) is 3.53. The van der Waals surface area contributed by atoms with Crippen molar-refractivity contribution in [2.75, 3.05) is 48.4 Å². The third kappa shape index (κ3) is 8.18. The van der Waals surface area contributed by atoms with E-state index < -0.39 is 0 Å². The fourth-order valence-corrected chi connectivity index (χ4v) is 7.16. The second-order valence-corrected chi connectivity index (χ2v) is 13.2. The number of nitrogen functional groups attached to an aromatic ring is 1. The van der Waals surface area contributed by atoms with Crippen LogP contribution in [0.1, 0.15) is 50.0 Å². The molecule has 8 rings (SSSR count). The number of nitrogens with one attached hydrogen (secondary N) is 1. The standard InChI is InChI=1S/C19H20N6O2.C19H23N2O3.Ni/c1-13-11-24(7-4-8-27-13)14-10-21-25(12-14)17-9-16(22-23-19(17)20)15-5-2-3-6-18(15)26;22-17-10-9-16(19(23)20-17)21-11-12-24-18-14(7-4-8-15(18)21)13-5-2-1-3-6-13;/h2-6,9-10,12-13,26H,1,7-8,11H2,(H2,20,23);1,4,7-8,13,16H,2-3,5-6,9-12H2,(H,20,22,23);/q-2;-1;+3/t;16-;/m.1./s1. The fraction of sp³-hybridized carbons (Fsp3) is 0.368. The molecule has 1 saturated carbocycles. The van der Waals surface area contributed by atoms with Crippen molar-refractivity contribution >= 4 is 29.0 Å². The first-order chi connectivity index (χ1) is 24.9. The number of phenolic OH excluding ortho intramolecular Hbond substituents is 1. The Kier molecular flexibility index (Phi) is 12.0. The van der Waals surface area contributed by atoms with Gasteiger partial charge in [0.2, 0.25) is 11.8 Å². The predicted molar refractivity (Wildman–Crippen MR) is 193 cm³/mol. The largest absolute Gasteiger partial charge is 3.00 e. The molecule has 2 saturated heterocycles. The minimum absolute atomic E-state index is 0. The number of imide groups is 1. The Morgan fingerprint density at radius 3 is 2.65 bits per heavy atom. The molecule has 14 heteroatoms. The van der Waals surface area contributed by atoms with Gasteiger partial charge in [-0.1, -0.05) is 49.8 Å². The van der Waals surface area contributed by atoms with Crippen LogP contribution < -0.4 is 25.6 Å². The van der Waals surface area contributed by atoms with Crippen LogP contribution in [0.15, 0.2) is 60.9 Å². The molecule has 0 spiro atoms. The molecule has 0 bridgehead atoms. The second-order valence-electron chi connectivity index (χ2n) is 13.2. The van der Waals surface area contributed by atoms with Gasteiger partial charge in [-0.3, -0.25) is 21.3 Å². The molecular weight excluding hydrogens is 707 g/mol. The molecule has 3 aliphatic heterocycles. The zero-order valence-electron chi connectivity index (χ0n) is 28.8. The summed E-state index contributed by atoms with van der Waals surface area (Å²) in [6.07, 6.45) is 13.6. The van der Waals surface area contributed by atoms with Crippen molar-refractivity contribution in [2.45, 2.75) is 56.6 Å². The van der Waals surface area contributed by atoms with Crippen LogP contribution in [0.25, 0.3) is 16.9 Å². The van der Waals surface area contributed by atoms with Crippen molar-refractivity contribution in [3.05, 3.63) is 86.3 Å². The summed E-state index contributed by atoms with van der Waals surface area (Å²) in [4.78, 5) is 28.0. The summed E-state index contributed by atoms with van der Waals surface area (Å²) in [5, 5.41) is 25.1. The number of aromatic nitrogens is 4. The van der Waals surface area contributed by atoms with E-state index in [1.54, 1.807) is 35.1 Å². The van der Waals surface area contributed by atoms with Gasteiger partial charge in [-0.15, -0.1) is 16.7 Å². The van der Waals surface area contributed by atoms with Gasteiger partial charge in [-0.2, -0.15) is 17.9 Å². The number of hydrogen-bond acceptors (Lipinski definition) is 11. The van der Waals surface area contributed by atoms with Crippen LogP contribution in [0.4, 0.5) is 17.2 Å². The topological polar surface area (TPSA) is 161 Å². The van der Waals surface area contributed by atoms with Gasteiger partial charge in [-0.25, -0.2) is 4.68 Å². The number of rotatable bonds is 5. The third-order valence-corrected chi connectivity index (χ3v) is 9.76. The first kappa shape index (κ1) is 37.1. The number of anilines is 3. The molecule has 2 aromatic carbocycles. The predicted octanol–water partition coefficient (Wildman–Crippen LogP) is 4.41. The summed E-state index contributed by atoms with van der Waals surface area (Å²) < 4.78 is 13.2. The van der Waals surface area contributed by atoms with E-state index in [9.17, 15) is 14.7 Å². The number of benzene rings is 2. The van der Waals surface area contributed by atoms with Gasteiger partial charge in [-0.05, 0) is 42.2 Å². The Labute approximate surface area is 313 Å². The van der Waals surface area contributed by atoms with E-state index in [-0.39, 0.29) is 52.0 Å². The Morgan fingerprint density at radius 2 is 1.85 bits per heavy atom. The zero-order valence-corrected chi connectivity index (χ0v) is 29.8. The summed E-state index contributed by atoms with van der Waals surface area (Å²) in [7, 11) is 0. The molecule has 2 amide bonds. The van der Waals surface area contributed by atoms with Gasteiger partial charge in [0, 0.05) is 18.5 Å². The monoisotopic (exact) mass is 749 g/mol. The number of phenols is 1. The molecule has 5 heterocycles. The molecule has 1 aliphatic carbocycles. The van der Waals surface area contributed by atoms with E-state index in [0.29, 0.717) is 62.0 Å². The molecule has 3 fully saturated rings. The maximum Gasteiger partial charge on any atom is 3.00 e. The minimum Gasteiger partial charge on any atom is -0.507 e. The van der Waals surface area contributed by atoms with E-state index in [0.717, 1.165) is 49.4 Å².